The van der Waals surface area contributed by atoms with E-state index in [2.05, 4.69) is 11.5 Å². The molecule has 1 fully saturated rings. The predicted molar refractivity (Wildman–Crippen MR) is 150 cm³/mol. The van der Waals surface area contributed by atoms with Crippen LogP contribution < -0.4 is 4.74 Å². The van der Waals surface area contributed by atoms with Gasteiger partial charge in [0.15, 0.2) is 0 Å². The lowest BCUT2D eigenvalue weighted by Gasteiger charge is -2.27. The molecule has 1 saturated heterocycles. The number of aliphatic hydroxyl groups is 1. The number of likely N-dealkylation sites (tertiary alicyclic amines) is 1. The molecule has 2 aromatic carbocycles. The molecule has 2 aromatic rings. The Labute approximate surface area is 228 Å². The molecule has 0 bridgehead atoms. The standard InChI is InChI=1S/C31H36F2N2O4/c1-4-39-26-11-13-28(27(22(3)33)12-6-21(2)32)25(18-26)20-35-16-5-14-31(38,15-17-35)19-29(34)23-7-9-24(10-8-23)30(36)37/h6-13,18,34,38H,2,4-5,14-17,19-20H2,1,3H3,(H,36,37)/b12-6-,27-22-,34-29?. The SMILES string of the molecule is C=C(F)/C=C\C(=C(/C)F)c1ccc(OCC)cc1CN1CCCC(O)(CC(=N)c2ccc(C(=O)O)cc2)CC1. The number of carbonyl (C=O) groups is 1. The van der Waals surface area contributed by atoms with Crippen molar-refractivity contribution in [3.8, 4) is 5.75 Å². The lowest BCUT2D eigenvalue weighted by Crippen LogP contribution is -2.33. The molecule has 3 N–H and O–H groups in total. The van der Waals surface area contributed by atoms with Crippen molar-refractivity contribution in [3.05, 3.63) is 95.1 Å². The van der Waals surface area contributed by atoms with Crippen molar-refractivity contribution >= 4 is 17.3 Å². The summed E-state index contributed by atoms with van der Waals surface area (Å²) in [6.45, 7) is 8.65. The third-order valence-electron chi connectivity index (χ3n) is 6.87. The Kier molecular flexibility index (Phi) is 10.3. The Hall–Kier alpha value is -3.62. The van der Waals surface area contributed by atoms with Gasteiger partial charge >= 0.3 is 5.97 Å². The molecule has 208 valence electrons. The van der Waals surface area contributed by atoms with E-state index in [1.54, 1.807) is 24.3 Å². The summed E-state index contributed by atoms with van der Waals surface area (Å²) in [5.74, 6) is -1.49. The zero-order valence-corrected chi connectivity index (χ0v) is 22.5. The van der Waals surface area contributed by atoms with Crippen LogP contribution in [0.2, 0.25) is 0 Å². The minimum Gasteiger partial charge on any atom is -0.494 e. The van der Waals surface area contributed by atoms with Crippen LogP contribution in [-0.2, 0) is 6.54 Å². The quantitative estimate of drug-likeness (QED) is 0.219. The van der Waals surface area contributed by atoms with E-state index in [-0.39, 0.29) is 23.3 Å². The van der Waals surface area contributed by atoms with Crippen LogP contribution in [0.4, 0.5) is 8.78 Å². The van der Waals surface area contributed by atoms with Gasteiger partial charge in [0.05, 0.1) is 17.8 Å². The van der Waals surface area contributed by atoms with Crippen molar-refractivity contribution in [1.82, 2.24) is 4.90 Å². The highest BCUT2D eigenvalue weighted by atomic mass is 19.1. The Morgan fingerprint density at radius 1 is 1.13 bits per heavy atom. The largest absolute Gasteiger partial charge is 0.494 e. The van der Waals surface area contributed by atoms with E-state index >= 15 is 0 Å². The van der Waals surface area contributed by atoms with Gasteiger partial charge in [-0.1, -0.05) is 24.8 Å². The van der Waals surface area contributed by atoms with Crippen molar-refractivity contribution in [1.29, 1.82) is 5.41 Å². The van der Waals surface area contributed by atoms with Gasteiger partial charge in [0.1, 0.15) is 17.4 Å². The van der Waals surface area contributed by atoms with E-state index in [9.17, 15) is 18.7 Å². The summed E-state index contributed by atoms with van der Waals surface area (Å²) in [5.41, 5.74) is 1.62. The summed E-state index contributed by atoms with van der Waals surface area (Å²) < 4.78 is 33.6. The molecule has 1 aliphatic rings. The minimum atomic E-state index is -1.07. The van der Waals surface area contributed by atoms with Crippen molar-refractivity contribution in [2.24, 2.45) is 0 Å². The third kappa shape index (κ3) is 8.43. The zero-order chi connectivity index (χ0) is 28.6. The van der Waals surface area contributed by atoms with Crippen LogP contribution in [0.25, 0.3) is 5.57 Å². The first-order valence-electron chi connectivity index (χ1n) is 13.0. The number of ether oxygens (including phenoxy) is 1. The highest BCUT2D eigenvalue weighted by Crippen LogP contribution is 2.32. The fourth-order valence-electron chi connectivity index (χ4n) is 4.84. The lowest BCUT2D eigenvalue weighted by atomic mass is 9.87. The van der Waals surface area contributed by atoms with Gasteiger partial charge in [0.2, 0.25) is 0 Å². The number of carboxylic acids is 1. The molecule has 0 aliphatic carbocycles. The third-order valence-corrected chi connectivity index (χ3v) is 6.87. The number of nitrogens with zero attached hydrogens (tertiary/aromatic N) is 1. The topological polar surface area (TPSA) is 93.9 Å². The number of aromatic carboxylic acids is 1. The smallest absolute Gasteiger partial charge is 0.335 e. The fourth-order valence-corrected chi connectivity index (χ4v) is 4.84. The average molecular weight is 539 g/mol. The molecule has 6 nitrogen and oxygen atoms in total. The lowest BCUT2D eigenvalue weighted by molar-refractivity contribution is 0.0323. The molecule has 0 radical (unpaired) electrons. The van der Waals surface area contributed by atoms with Crippen LogP contribution >= 0.6 is 0 Å². The number of benzene rings is 2. The summed E-state index contributed by atoms with van der Waals surface area (Å²) in [5, 5.41) is 29.0. The molecule has 1 aliphatic heterocycles. The zero-order valence-electron chi connectivity index (χ0n) is 22.5. The molecule has 1 atom stereocenters. The number of halogens is 2. The number of hydrogen-bond donors (Lipinski definition) is 3. The summed E-state index contributed by atoms with van der Waals surface area (Å²) >= 11 is 0. The first kappa shape index (κ1) is 29.9. The second kappa shape index (κ2) is 13.4. The molecule has 0 amide bonds. The highest BCUT2D eigenvalue weighted by Gasteiger charge is 2.32. The molecular formula is C31H36F2N2O4. The van der Waals surface area contributed by atoms with Crippen LogP contribution in [-0.4, -0.2) is 52.1 Å². The van der Waals surface area contributed by atoms with E-state index in [1.165, 1.54) is 25.1 Å². The summed E-state index contributed by atoms with van der Waals surface area (Å²) in [6, 6.07) is 11.5. The van der Waals surface area contributed by atoms with E-state index in [1.807, 2.05) is 13.0 Å². The van der Waals surface area contributed by atoms with Crippen LogP contribution in [0.3, 0.4) is 0 Å². The molecule has 0 spiro atoms. The Balaban J connectivity index is 1.77. The summed E-state index contributed by atoms with van der Waals surface area (Å²) in [6.07, 6.45) is 4.33. The molecule has 39 heavy (non-hydrogen) atoms. The van der Waals surface area contributed by atoms with Crippen LogP contribution in [0.5, 0.6) is 5.75 Å². The molecule has 0 saturated carbocycles. The molecule has 8 heteroatoms. The molecule has 3 rings (SSSR count). The molecule has 1 unspecified atom stereocenters. The number of rotatable bonds is 11. The van der Waals surface area contributed by atoms with Crippen LogP contribution in [0.1, 0.15) is 66.6 Å². The summed E-state index contributed by atoms with van der Waals surface area (Å²) in [7, 11) is 0. The Morgan fingerprint density at radius 3 is 2.44 bits per heavy atom. The molecular weight excluding hydrogens is 502 g/mol. The van der Waals surface area contributed by atoms with Gasteiger partial charge in [-0.3, -0.25) is 4.90 Å². The maximum atomic E-state index is 14.5. The van der Waals surface area contributed by atoms with E-state index in [0.717, 1.165) is 11.6 Å². The maximum absolute atomic E-state index is 14.5. The van der Waals surface area contributed by atoms with E-state index in [4.69, 9.17) is 15.3 Å². The average Bonchev–Trinajstić information content (AvgIpc) is 3.06. The van der Waals surface area contributed by atoms with Crippen LogP contribution in [0, 0.1) is 5.41 Å². The first-order valence-corrected chi connectivity index (χ1v) is 13.0. The highest BCUT2D eigenvalue weighted by molar-refractivity contribution is 5.99. The molecule has 0 aromatic heterocycles. The van der Waals surface area contributed by atoms with Crippen molar-refractivity contribution in [3.63, 3.8) is 0 Å². The van der Waals surface area contributed by atoms with Gasteiger partial charge in [-0.2, -0.15) is 0 Å². The van der Waals surface area contributed by atoms with Gasteiger partial charge < -0.3 is 20.4 Å². The van der Waals surface area contributed by atoms with Gasteiger partial charge in [-0.05, 0) is 92.8 Å². The Bertz CT molecular complexity index is 1270. The number of hydrogen-bond acceptors (Lipinski definition) is 5. The first-order chi connectivity index (χ1) is 18.5. The van der Waals surface area contributed by atoms with Gasteiger partial charge in [-0.25, -0.2) is 13.6 Å². The maximum Gasteiger partial charge on any atom is 0.335 e. The Morgan fingerprint density at radius 2 is 1.82 bits per heavy atom. The predicted octanol–water partition coefficient (Wildman–Crippen LogP) is 6.70. The second-order valence-electron chi connectivity index (χ2n) is 9.87. The minimum absolute atomic E-state index is 0.147. The normalized spacial score (nSPS) is 18.9. The monoisotopic (exact) mass is 538 g/mol. The van der Waals surface area contributed by atoms with Crippen molar-refractivity contribution in [2.75, 3.05) is 19.7 Å². The number of carboxylic acid groups (broad SMARTS) is 1. The fraction of sp³-hybridized carbons (Fsp3) is 0.355. The van der Waals surface area contributed by atoms with Gasteiger partial charge in [0.25, 0.3) is 0 Å². The van der Waals surface area contributed by atoms with Crippen molar-refractivity contribution in [2.45, 2.75) is 51.7 Å². The van der Waals surface area contributed by atoms with Gasteiger partial charge in [-0.15, -0.1) is 0 Å². The van der Waals surface area contributed by atoms with E-state index < -0.39 is 23.2 Å². The van der Waals surface area contributed by atoms with E-state index in [0.29, 0.717) is 62.4 Å². The van der Waals surface area contributed by atoms with Crippen LogP contribution in [0.15, 0.2) is 72.8 Å². The molecule has 1 heterocycles. The number of allylic oxidation sites excluding steroid dienone is 5. The second-order valence-corrected chi connectivity index (χ2v) is 9.87. The van der Waals surface area contributed by atoms with Gasteiger partial charge in [0, 0.05) is 30.8 Å². The van der Waals surface area contributed by atoms with Crippen molar-refractivity contribution < 1.29 is 28.5 Å². The summed E-state index contributed by atoms with van der Waals surface area (Å²) in [4.78, 5) is 13.3. The number of nitrogens with one attached hydrogen (secondary N) is 1.